The van der Waals surface area contributed by atoms with E-state index in [1.54, 1.807) is 11.3 Å². The molecule has 0 fully saturated rings. The number of hydrogen-bond donors (Lipinski definition) is 1. The van der Waals surface area contributed by atoms with Crippen LogP contribution in [0.25, 0.3) is 10.6 Å². The lowest BCUT2D eigenvalue weighted by atomic mass is 10.1. The van der Waals surface area contributed by atoms with E-state index in [-0.39, 0.29) is 0 Å². The largest absolute Gasteiger partial charge is 0.326 e. The molecule has 16 heavy (non-hydrogen) atoms. The molecule has 0 aliphatic rings. The van der Waals surface area contributed by atoms with Gasteiger partial charge in [0.25, 0.3) is 0 Å². The number of aromatic nitrogens is 1. The fourth-order valence-electron chi connectivity index (χ4n) is 1.47. The van der Waals surface area contributed by atoms with Crippen LogP contribution in [-0.4, -0.2) is 4.98 Å². The lowest BCUT2D eigenvalue weighted by molar-refractivity contribution is 1.10. The minimum absolute atomic E-state index is 0.448. The van der Waals surface area contributed by atoms with Gasteiger partial charge in [-0.1, -0.05) is 42.8 Å². The van der Waals surface area contributed by atoms with Crippen molar-refractivity contribution in [2.24, 2.45) is 5.73 Å². The second-order valence-corrected chi connectivity index (χ2v) is 4.93. The van der Waals surface area contributed by atoms with Crippen molar-refractivity contribution < 1.29 is 0 Å². The first-order valence-corrected chi connectivity index (χ1v) is 6.38. The minimum Gasteiger partial charge on any atom is -0.326 e. The second-order valence-electron chi connectivity index (χ2n) is 3.49. The van der Waals surface area contributed by atoms with Crippen LogP contribution in [0.2, 0.25) is 5.15 Å². The maximum absolute atomic E-state index is 5.97. The number of nitrogens with two attached hydrogens (primary N) is 1. The van der Waals surface area contributed by atoms with Crippen molar-refractivity contribution in [3.8, 4) is 10.6 Å². The first-order valence-electron chi connectivity index (χ1n) is 5.19. The summed E-state index contributed by atoms with van der Waals surface area (Å²) < 4.78 is 0. The van der Waals surface area contributed by atoms with E-state index in [2.05, 4.69) is 36.2 Å². The predicted octanol–water partition coefficient (Wildman–Crippen LogP) is 3.48. The fraction of sp³-hybridized carbons (Fsp3) is 0.250. The van der Waals surface area contributed by atoms with E-state index in [4.69, 9.17) is 17.3 Å². The van der Waals surface area contributed by atoms with Gasteiger partial charge in [0.15, 0.2) is 0 Å². The van der Waals surface area contributed by atoms with Crippen LogP contribution in [0.5, 0.6) is 0 Å². The molecule has 0 unspecified atom stereocenters. The SMILES string of the molecule is CCc1ccc(-c2nc(Cl)c(CN)s2)cc1. The quantitative estimate of drug-likeness (QED) is 0.908. The van der Waals surface area contributed by atoms with E-state index in [9.17, 15) is 0 Å². The summed E-state index contributed by atoms with van der Waals surface area (Å²) in [5, 5.41) is 1.47. The van der Waals surface area contributed by atoms with Crippen LogP contribution in [0, 0.1) is 0 Å². The van der Waals surface area contributed by atoms with Crippen molar-refractivity contribution in [3.05, 3.63) is 39.9 Å². The molecule has 0 bridgehead atoms. The molecule has 1 heterocycles. The number of thiazole rings is 1. The van der Waals surface area contributed by atoms with Crippen molar-refractivity contribution in [1.82, 2.24) is 4.98 Å². The smallest absolute Gasteiger partial charge is 0.145 e. The molecule has 0 saturated heterocycles. The Morgan fingerprint density at radius 1 is 1.31 bits per heavy atom. The third-order valence-corrected chi connectivity index (χ3v) is 4.00. The van der Waals surface area contributed by atoms with Gasteiger partial charge in [-0.05, 0) is 12.0 Å². The van der Waals surface area contributed by atoms with E-state index >= 15 is 0 Å². The van der Waals surface area contributed by atoms with Crippen molar-refractivity contribution in [2.45, 2.75) is 19.9 Å². The molecule has 0 saturated carbocycles. The van der Waals surface area contributed by atoms with E-state index in [0.717, 1.165) is 21.9 Å². The van der Waals surface area contributed by atoms with Gasteiger partial charge in [-0.15, -0.1) is 11.3 Å². The molecule has 4 heteroatoms. The van der Waals surface area contributed by atoms with Gasteiger partial charge in [-0.3, -0.25) is 0 Å². The molecule has 0 radical (unpaired) electrons. The third kappa shape index (κ3) is 2.26. The number of benzene rings is 1. The molecular weight excluding hydrogens is 240 g/mol. The zero-order valence-corrected chi connectivity index (χ0v) is 10.6. The van der Waals surface area contributed by atoms with Crippen LogP contribution >= 0.6 is 22.9 Å². The maximum Gasteiger partial charge on any atom is 0.145 e. The topological polar surface area (TPSA) is 38.9 Å². The standard InChI is InChI=1S/C12H13ClN2S/c1-2-8-3-5-9(6-4-8)12-15-11(13)10(7-14)16-12/h3-6H,2,7,14H2,1H3. The Hall–Kier alpha value is -0.900. The zero-order chi connectivity index (χ0) is 11.5. The van der Waals surface area contributed by atoms with Gasteiger partial charge < -0.3 is 5.73 Å². The van der Waals surface area contributed by atoms with Gasteiger partial charge in [-0.2, -0.15) is 0 Å². The molecule has 0 aliphatic heterocycles. The summed E-state index contributed by atoms with van der Waals surface area (Å²) in [6.07, 6.45) is 1.05. The Kier molecular flexibility index (Phi) is 3.59. The van der Waals surface area contributed by atoms with Gasteiger partial charge in [0.05, 0.1) is 4.88 Å². The van der Waals surface area contributed by atoms with Gasteiger partial charge >= 0.3 is 0 Å². The number of rotatable bonds is 3. The first kappa shape index (κ1) is 11.6. The van der Waals surface area contributed by atoms with E-state index in [0.29, 0.717) is 11.7 Å². The van der Waals surface area contributed by atoms with Crippen LogP contribution in [-0.2, 0) is 13.0 Å². The summed E-state index contributed by atoms with van der Waals surface area (Å²) >= 11 is 7.53. The summed E-state index contributed by atoms with van der Waals surface area (Å²) in [5.74, 6) is 0. The number of halogens is 1. The molecule has 0 amide bonds. The summed E-state index contributed by atoms with van der Waals surface area (Å²) in [7, 11) is 0. The second kappa shape index (κ2) is 4.95. The molecule has 0 atom stereocenters. The molecular formula is C12H13ClN2S. The van der Waals surface area contributed by atoms with Crippen LogP contribution in [0.1, 0.15) is 17.4 Å². The van der Waals surface area contributed by atoms with Crippen molar-refractivity contribution in [1.29, 1.82) is 0 Å². The van der Waals surface area contributed by atoms with E-state index in [1.807, 2.05) is 0 Å². The summed E-state index contributed by atoms with van der Waals surface area (Å²) in [4.78, 5) is 5.25. The lowest BCUT2D eigenvalue weighted by Crippen LogP contribution is -1.92. The van der Waals surface area contributed by atoms with Gasteiger partial charge in [0.1, 0.15) is 10.2 Å². The molecule has 2 rings (SSSR count). The number of hydrogen-bond acceptors (Lipinski definition) is 3. The molecule has 2 N–H and O–H groups in total. The Bertz CT molecular complexity index is 476. The number of aryl methyl sites for hydroxylation is 1. The van der Waals surface area contributed by atoms with Crippen LogP contribution in [0.15, 0.2) is 24.3 Å². The maximum atomic E-state index is 5.97. The van der Waals surface area contributed by atoms with Crippen LogP contribution in [0.4, 0.5) is 0 Å². The molecule has 84 valence electrons. The highest BCUT2D eigenvalue weighted by atomic mass is 35.5. The van der Waals surface area contributed by atoms with Crippen LogP contribution in [0.3, 0.4) is 0 Å². The van der Waals surface area contributed by atoms with Crippen molar-refractivity contribution >= 4 is 22.9 Å². The Balaban J connectivity index is 2.34. The monoisotopic (exact) mass is 252 g/mol. The first-order chi connectivity index (χ1) is 7.74. The lowest BCUT2D eigenvalue weighted by Gasteiger charge is -1.98. The van der Waals surface area contributed by atoms with Gasteiger partial charge in [-0.25, -0.2) is 4.98 Å². The van der Waals surface area contributed by atoms with E-state index < -0.39 is 0 Å². The highest BCUT2D eigenvalue weighted by Gasteiger charge is 2.09. The highest BCUT2D eigenvalue weighted by Crippen LogP contribution is 2.30. The molecule has 0 aliphatic carbocycles. The van der Waals surface area contributed by atoms with Gasteiger partial charge in [0, 0.05) is 12.1 Å². The molecule has 0 spiro atoms. The minimum atomic E-state index is 0.448. The Morgan fingerprint density at radius 2 is 2.00 bits per heavy atom. The summed E-state index contributed by atoms with van der Waals surface area (Å²) in [6, 6.07) is 8.39. The zero-order valence-electron chi connectivity index (χ0n) is 9.03. The highest BCUT2D eigenvalue weighted by molar-refractivity contribution is 7.15. The normalized spacial score (nSPS) is 10.7. The van der Waals surface area contributed by atoms with Crippen molar-refractivity contribution in [2.75, 3.05) is 0 Å². The van der Waals surface area contributed by atoms with Crippen molar-refractivity contribution in [3.63, 3.8) is 0 Å². The number of nitrogens with zero attached hydrogens (tertiary/aromatic N) is 1. The Labute approximate surface area is 104 Å². The molecule has 2 aromatic rings. The molecule has 2 nitrogen and oxygen atoms in total. The Morgan fingerprint density at radius 3 is 2.50 bits per heavy atom. The third-order valence-electron chi connectivity index (χ3n) is 2.44. The molecule has 1 aromatic heterocycles. The summed E-state index contributed by atoms with van der Waals surface area (Å²) in [6.45, 7) is 2.59. The average molecular weight is 253 g/mol. The van der Waals surface area contributed by atoms with Crippen LogP contribution < -0.4 is 5.73 Å². The summed E-state index contributed by atoms with van der Waals surface area (Å²) in [5.41, 5.74) is 8.00. The van der Waals surface area contributed by atoms with Gasteiger partial charge in [0.2, 0.25) is 0 Å². The van der Waals surface area contributed by atoms with E-state index in [1.165, 1.54) is 5.56 Å². The molecule has 1 aromatic carbocycles. The average Bonchev–Trinajstić information content (AvgIpc) is 2.71. The predicted molar refractivity (Wildman–Crippen MR) is 69.8 cm³/mol. The fourth-order valence-corrected chi connectivity index (χ4v) is 2.63.